The van der Waals surface area contributed by atoms with Gasteiger partial charge < -0.3 is 16.2 Å². The van der Waals surface area contributed by atoms with E-state index in [1.54, 1.807) is 12.1 Å². The molecule has 25 heavy (non-hydrogen) atoms. The number of nitrogen functional groups attached to an aromatic ring is 2. The average Bonchev–Trinajstić information content (AvgIpc) is 2.52. The summed E-state index contributed by atoms with van der Waals surface area (Å²) in [5, 5.41) is 0. The molecule has 0 atom stereocenters. The summed E-state index contributed by atoms with van der Waals surface area (Å²) in [6, 6.07) is 3.39. The van der Waals surface area contributed by atoms with E-state index >= 15 is 0 Å². The minimum Gasteiger partial charge on any atom is -0.462 e. The van der Waals surface area contributed by atoms with Crippen molar-refractivity contribution in [3.63, 3.8) is 0 Å². The standard InChI is InChI=1S/C21H36N2O2/c1-6-7-8-9-10-11-12-25-20(24)16-13-17(22)19(18(23)14-16)21(4,5)15(2)3/h13-15H,6-12,22-23H2,1-5H3. The molecule has 4 heteroatoms. The molecule has 0 spiro atoms. The molecule has 0 bridgehead atoms. The summed E-state index contributed by atoms with van der Waals surface area (Å²) in [6.07, 6.45) is 6.96. The topological polar surface area (TPSA) is 78.3 Å². The fourth-order valence-electron chi connectivity index (χ4n) is 2.97. The van der Waals surface area contributed by atoms with Gasteiger partial charge in [-0.3, -0.25) is 0 Å². The quantitative estimate of drug-likeness (QED) is 0.341. The van der Waals surface area contributed by atoms with Gasteiger partial charge in [0.1, 0.15) is 0 Å². The fourth-order valence-corrected chi connectivity index (χ4v) is 2.97. The zero-order valence-electron chi connectivity index (χ0n) is 16.7. The summed E-state index contributed by atoms with van der Waals surface area (Å²) in [6.45, 7) is 11.2. The molecule has 0 unspecified atom stereocenters. The van der Waals surface area contributed by atoms with E-state index < -0.39 is 0 Å². The van der Waals surface area contributed by atoms with Crippen LogP contribution in [0.5, 0.6) is 0 Å². The van der Waals surface area contributed by atoms with Crippen molar-refractivity contribution in [3.05, 3.63) is 23.3 Å². The van der Waals surface area contributed by atoms with Gasteiger partial charge in [-0.25, -0.2) is 4.79 Å². The van der Waals surface area contributed by atoms with E-state index in [1.807, 2.05) is 0 Å². The number of unbranched alkanes of at least 4 members (excludes halogenated alkanes) is 5. The highest BCUT2D eigenvalue weighted by Crippen LogP contribution is 2.39. The van der Waals surface area contributed by atoms with Gasteiger partial charge in [-0.2, -0.15) is 0 Å². The summed E-state index contributed by atoms with van der Waals surface area (Å²) < 4.78 is 5.37. The summed E-state index contributed by atoms with van der Waals surface area (Å²) in [4.78, 5) is 12.2. The molecular weight excluding hydrogens is 312 g/mol. The van der Waals surface area contributed by atoms with Crippen LogP contribution in [0.25, 0.3) is 0 Å². The first kappa shape index (κ1) is 21.3. The molecule has 0 aliphatic heterocycles. The van der Waals surface area contributed by atoms with Gasteiger partial charge in [0.25, 0.3) is 0 Å². The number of hydrogen-bond acceptors (Lipinski definition) is 4. The lowest BCUT2D eigenvalue weighted by atomic mass is 9.73. The Kier molecular flexibility index (Phi) is 8.27. The van der Waals surface area contributed by atoms with Gasteiger partial charge in [0.2, 0.25) is 0 Å². The van der Waals surface area contributed by atoms with Crippen LogP contribution in [0.3, 0.4) is 0 Å². The van der Waals surface area contributed by atoms with Crippen LogP contribution in [0.4, 0.5) is 11.4 Å². The second kappa shape index (κ2) is 9.69. The number of hydrogen-bond donors (Lipinski definition) is 2. The van der Waals surface area contributed by atoms with Crippen LogP contribution in [0.2, 0.25) is 0 Å². The predicted molar refractivity (Wildman–Crippen MR) is 107 cm³/mol. The first-order valence-corrected chi connectivity index (χ1v) is 9.58. The maximum Gasteiger partial charge on any atom is 0.338 e. The number of nitrogens with two attached hydrogens (primary N) is 2. The zero-order valence-corrected chi connectivity index (χ0v) is 16.7. The number of ether oxygens (including phenoxy) is 1. The second-order valence-corrected chi connectivity index (χ2v) is 7.81. The molecule has 1 aromatic rings. The van der Waals surface area contributed by atoms with Crippen LogP contribution in [0.1, 0.15) is 89.1 Å². The smallest absolute Gasteiger partial charge is 0.338 e. The largest absolute Gasteiger partial charge is 0.462 e. The minimum absolute atomic E-state index is 0.158. The third-order valence-corrected chi connectivity index (χ3v) is 5.25. The highest BCUT2D eigenvalue weighted by Gasteiger charge is 2.29. The first-order valence-electron chi connectivity index (χ1n) is 9.58. The molecule has 0 heterocycles. The van der Waals surface area contributed by atoms with Crippen molar-refractivity contribution in [3.8, 4) is 0 Å². The third-order valence-electron chi connectivity index (χ3n) is 5.25. The molecule has 0 saturated heterocycles. The molecule has 0 aliphatic rings. The maximum absolute atomic E-state index is 12.2. The molecule has 4 N–H and O–H groups in total. The molecule has 4 nitrogen and oxygen atoms in total. The van der Waals surface area contributed by atoms with E-state index in [0.29, 0.717) is 29.5 Å². The van der Waals surface area contributed by atoms with Gasteiger partial charge in [0, 0.05) is 16.9 Å². The van der Waals surface area contributed by atoms with Crippen LogP contribution in [-0.4, -0.2) is 12.6 Å². The summed E-state index contributed by atoms with van der Waals surface area (Å²) in [5.74, 6) is 0.0310. The van der Waals surface area contributed by atoms with E-state index in [4.69, 9.17) is 16.2 Å². The van der Waals surface area contributed by atoms with Crippen molar-refractivity contribution in [2.24, 2.45) is 5.92 Å². The van der Waals surface area contributed by atoms with Crippen LogP contribution in [0.15, 0.2) is 12.1 Å². The average molecular weight is 349 g/mol. The van der Waals surface area contributed by atoms with Crippen molar-refractivity contribution in [2.75, 3.05) is 18.1 Å². The number of carbonyl (C=O) groups is 1. The van der Waals surface area contributed by atoms with E-state index in [0.717, 1.165) is 18.4 Å². The molecule has 0 saturated carbocycles. The van der Waals surface area contributed by atoms with Gasteiger partial charge in [-0.1, -0.05) is 66.7 Å². The molecule has 0 fully saturated rings. The Balaban J connectivity index is 2.67. The first-order chi connectivity index (χ1) is 11.7. The number of carbonyl (C=O) groups excluding carboxylic acids is 1. The van der Waals surface area contributed by atoms with E-state index in [9.17, 15) is 4.79 Å². The second-order valence-electron chi connectivity index (χ2n) is 7.81. The molecule has 0 radical (unpaired) electrons. The Morgan fingerprint density at radius 3 is 2.08 bits per heavy atom. The highest BCUT2D eigenvalue weighted by atomic mass is 16.5. The normalized spacial score (nSPS) is 11.8. The lowest BCUT2D eigenvalue weighted by Crippen LogP contribution is -2.27. The van der Waals surface area contributed by atoms with Crippen LogP contribution >= 0.6 is 0 Å². The Morgan fingerprint density at radius 2 is 1.56 bits per heavy atom. The van der Waals surface area contributed by atoms with Crippen molar-refractivity contribution >= 4 is 17.3 Å². The summed E-state index contributed by atoms with van der Waals surface area (Å²) >= 11 is 0. The number of benzene rings is 1. The lowest BCUT2D eigenvalue weighted by molar-refractivity contribution is 0.0497. The van der Waals surface area contributed by atoms with Gasteiger partial charge in [-0.05, 0) is 29.9 Å². The van der Waals surface area contributed by atoms with Crippen LogP contribution < -0.4 is 11.5 Å². The van der Waals surface area contributed by atoms with Crippen molar-refractivity contribution in [1.29, 1.82) is 0 Å². The highest BCUT2D eigenvalue weighted by molar-refractivity contribution is 5.92. The number of anilines is 2. The maximum atomic E-state index is 12.2. The van der Waals surface area contributed by atoms with Crippen LogP contribution in [0, 0.1) is 5.92 Å². The zero-order chi connectivity index (χ0) is 19.0. The van der Waals surface area contributed by atoms with Crippen molar-refractivity contribution in [1.82, 2.24) is 0 Å². The minimum atomic E-state index is -0.346. The van der Waals surface area contributed by atoms with Crippen molar-refractivity contribution in [2.45, 2.75) is 78.6 Å². The monoisotopic (exact) mass is 348 g/mol. The number of rotatable bonds is 10. The van der Waals surface area contributed by atoms with E-state index in [2.05, 4.69) is 34.6 Å². The lowest BCUT2D eigenvalue weighted by Gasteiger charge is -2.32. The summed E-state index contributed by atoms with van der Waals surface area (Å²) in [7, 11) is 0. The molecule has 1 aromatic carbocycles. The molecule has 0 aromatic heterocycles. The van der Waals surface area contributed by atoms with Crippen LogP contribution in [-0.2, 0) is 10.2 Å². The Bertz CT molecular complexity index is 542. The SMILES string of the molecule is CCCCCCCCOC(=O)c1cc(N)c(C(C)(C)C(C)C)c(N)c1. The Labute approximate surface area is 153 Å². The Morgan fingerprint density at radius 1 is 1.04 bits per heavy atom. The van der Waals surface area contributed by atoms with Crippen molar-refractivity contribution < 1.29 is 9.53 Å². The van der Waals surface area contributed by atoms with E-state index in [1.165, 1.54) is 25.7 Å². The van der Waals surface area contributed by atoms with Gasteiger partial charge >= 0.3 is 5.97 Å². The van der Waals surface area contributed by atoms with Gasteiger partial charge in [0.15, 0.2) is 0 Å². The molecular formula is C21H36N2O2. The summed E-state index contributed by atoms with van der Waals surface area (Å²) in [5.41, 5.74) is 14.7. The van der Waals surface area contributed by atoms with Gasteiger partial charge in [-0.15, -0.1) is 0 Å². The van der Waals surface area contributed by atoms with Gasteiger partial charge in [0.05, 0.1) is 12.2 Å². The molecule has 1 rings (SSSR count). The molecule has 0 aliphatic carbocycles. The fraction of sp³-hybridized carbons (Fsp3) is 0.667. The molecule has 0 amide bonds. The Hall–Kier alpha value is -1.71. The van der Waals surface area contributed by atoms with E-state index in [-0.39, 0.29) is 11.4 Å². The third kappa shape index (κ3) is 5.94. The predicted octanol–water partition coefficient (Wildman–Crippen LogP) is 5.30. The molecule has 142 valence electrons. The number of esters is 1.